The van der Waals surface area contributed by atoms with Gasteiger partial charge in [0, 0.05) is 21.4 Å². The molecule has 2 aromatic rings. The number of carboxylic acid groups (broad SMARTS) is 1. The molecule has 124 valence electrons. The second-order valence-electron chi connectivity index (χ2n) is 5.32. The summed E-state index contributed by atoms with van der Waals surface area (Å²) < 4.78 is 5.30. The van der Waals surface area contributed by atoms with Gasteiger partial charge in [0.1, 0.15) is 5.25 Å². The summed E-state index contributed by atoms with van der Waals surface area (Å²) in [5.74, 6) is -3.27. The minimum atomic E-state index is -1.15. The van der Waals surface area contributed by atoms with E-state index >= 15 is 0 Å². The van der Waals surface area contributed by atoms with Gasteiger partial charge >= 0.3 is 16.8 Å². The molecule has 0 unspecified atom stereocenters. The smallest absolute Gasteiger partial charge is 0.317 e. The number of H-pyrrole nitrogens is 1. The fourth-order valence-corrected chi connectivity index (χ4v) is 5.99. The lowest BCUT2D eigenvalue weighted by molar-refractivity contribution is -0.147. The Hall–Kier alpha value is -1.48. The third-order valence-corrected chi connectivity index (χ3v) is 6.85. The second kappa shape index (κ2) is 5.52. The zero-order valence-electron chi connectivity index (χ0n) is 11.5. The van der Waals surface area contributed by atoms with Crippen LogP contribution in [0.5, 0.6) is 5.75 Å². The van der Waals surface area contributed by atoms with Crippen molar-refractivity contribution in [2.24, 2.45) is 5.92 Å². The SMILES string of the molecule is O=C1Oc2c(Cl)cc(Cl)cc2[C@H]2c3sc(=O)[nH]c3S[C@@H](C(=O)O)[C@H]12. The van der Waals surface area contributed by atoms with Gasteiger partial charge in [0.25, 0.3) is 0 Å². The van der Waals surface area contributed by atoms with Crippen LogP contribution in [-0.2, 0) is 9.59 Å². The van der Waals surface area contributed by atoms with Gasteiger partial charge in [-0.1, -0.05) is 46.3 Å². The zero-order chi connectivity index (χ0) is 17.2. The van der Waals surface area contributed by atoms with Crippen LogP contribution >= 0.6 is 46.3 Å². The third-order valence-electron chi connectivity index (χ3n) is 3.94. The molecule has 0 bridgehead atoms. The monoisotopic (exact) mass is 403 g/mol. The Morgan fingerprint density at radius 1 is 1.29 bits per heavy atom. The number of nitrogens with one attached hydrogen (secondary N) is 1. The van der Waals surface area contributed by atoms with Crippen molar-refractivity contribution in [3.63, 3.8) is 0 Å². The van der Waals surface area contributed by atoms with Crippen LogP contribution in [0, 0.1) is 5.92 Å². The molecule has 4 rings (SSSR count). The first-order valence-corrected chi connectivity index (χ1v) is 9.15. The molecule has 1 aromatic heterocycles. The number of hydrogen-bond acceptors (Lipinski definition) is 6. The number of ether oxygens (including phenoxy) is 1. The number of fused-ring (bicyclic) bond motifs is 5. The van der Waals surface area contributed by atoms with Crippen LogP contribution in [0.15, 0.2) is 22.0 Å². The van der Waals surface area contributed by atoms with Crippen molar-refractivity contribution in [1.82, 2.24) is 4.98 Å². The van der Waals surface area contributed by atoms with Gasteiger partial charge in [0.05, 0.1) is 16.0 Å². The summed E-state index contributed by atoms with van der Waals surface area (Å²) in [5.41, 5.74) is 0.514. The third kappa shape index (κ3) is 2.28. The molecule has 2 aliphatic heterocycles. The lowest BCUT2D eigenvalue weighted by Gasteiger charge is -2.37. The lowest BCUT2D eigenvalue weighted by Crippen LogP contribution is -2.44. The van der Waals surface area contributed by atoms with E-state index < -0.39 is 29.0 Å². The van der Waals surface area contributed by atoms with Crippen molar-refractivity contribution >= 4 is 58.2 Å². The Kier molecular flexibility index (Phi) is 3.68. The fraction of sp³-hybridized carbons (Fsp3) is 0.214. The van der Waals surface area contributed by atoms with Crippen molar-refractivity contribution in [1.29, 1.82) is 0 Å². The van der Waals surface area contributed by atoms with Gasteiger partial charge in [-0.25, -0.2) is 0 Å². The van der Waals surface area contributed by atoms with Gasteiger partial charge in [-0.3, -0.25) is 14.4 Å². The number of aromatic nitrogens is 1. The summed E-state index contributed by atoms with van der Waals surface area (Å²) in [6.45, 7) is 0. The molecular weight excluding hydrogens is 397 g/mol. The summed E-state index contributed by atoms with van der Waals surface area (Å²) in [6.07, 6.45) is 0. The molecule has 24 heavy (non-hydrogen) atoms. The number of thioether (sulfide) groups is 1. The predicted molar refractivity (Wildman–Crippen MR) is 89.7 cm³/mol. The largest absolute Gasteiger partial charge is 0.480 e. The molecule has 0 fully saturated rings. The van der Waals surface area contributed by atoms with Crippen molar-refractivity contribution in [2.75, 3.05) is 0 Å². The normalized spacial score (nSPS) is 24.6. The number of halogens is 2. The molecular formula is C14H7Cl2NO5S2. The molecule has 1 aromatic carbocycles. The first-order valence-electron chi connectivity index (χ1n) is 6.70. The van der Waals surface area contributed by atoms with E-state index in [4.69, 9.17) is 27.9 Å². The van der Waals surface area contributed by atoms with E-state index in [-0.39, 0.29) is 15.6 Å². The summed E-state index contributed by atoms with van der Waals surface area (Å²) in [6, 6.07) is 3.04. The number of thiazole rings is 1. The van der Waals surface area contributed by atoms with Gasteiger partial charge in [-0.2, -0.15) is 0 Å². The first-order chi connectivity index (χ1) is 11.4. The van der Waals surface area contributed by atoms with E-state index in [1.807, 2.05) is 0 Å². The van der Waals surface area contributed by atoms with Crippen molar-refractivity contribution < 1.29 is 19.4 Å². The molecule has 0 radical (unpaired) electrons. The number of aliphatic carboxylic acids is 1. The van der Waals surface area contributed by atoms with Crippen LogP contribution in [-0.4, -0.2) is 27.3 Å². The van der Waals surface area contributed by atoms with Crippen LogP contribution in [0.4, 0.5) is 0 Å². The molecule has 2 aliphatic rings. The molecule has 0 saturated carbocycles. The van der Waals surface area contributed by atoms with Gasteiger partial charge in [-0.15, -0.1) is 0 Å². The maximum Gasteiger partial charge on any atom is 0.317 e. The zero-order valence-corrected chi connectivity index (χ0v) is 14.7. The summed E-state index contributed by atoms with van der Waals surface area (Å²) >= 11 is 14.1. The fourth-order valence-electron chi connectivity index (χ4n) is 3.04. The van der Waals surface area contributed by atoms with E-state index in [2.05, 4.69) is 4.98 Å². The number of carbonyl (C=O) groups is 2. The van der Waals surface area contributed by atoms with E-state index in [0.29, 0.717) is 20.5 Å². The topological polar surface area (TPSA) is 96.5 Å². The average Bonchev–Trinajstić information content (AvgIpc) is 2.87. The number of esters is 1. The summed E-state index contributed by atoms with van der Waals surface area (Å²) in [7, 11) is 0. The number of carboxylic acids is 1. The highest BCUT2D eigenvalue weighted by molar-refractivity contribution is 8.00. The van der Waals surface area contributed by atoms with Gasteiger partial charge in [-0.05, 0) is 12.1 Å². The average molecular weight is 404 g/mol. The standard InChI is InChI=1S/C14H7Cl2NO5S2/c15-3-1-4-6-7(13(20)22-8(4)5(16)2-3)10(12(18)19)23-11-9(6)24-14(21)17-11/h1-2,6-7,10H,(H,17,21)(H,18,19)/t6-,7-,10-/m1/s1. The van der Waals surface area contributed by atoms with Gasteiger partial charge in [0.15, 0.2) is 5.75 Å². The Morgan fingerprint density at radius 3 is 2.75 bits per heavy atom. The Labute approximate surface area is 152 Å². The Morgan fingerprint density at radius 2 is 2.04 bits per heavy atom. The highest BCUT2D eigenvalue weighted by Crippen LogP contribution is 2.55. The number of benzene rings is 1. The van der Waals surface area contributed by atoms with Crippen LogP contribution < -0.4 is 9.61 Å². The first kappa shape index (κ1) is 16.0. The molecule has 3 atom stereocenters. The molecule has 2 N–H and O–H groups in total. The Bertz CT molecular complexity index is 953. The van der Waals surface area contributed by atoms with Gasteiger partial charge < -0.3 is 14.8 Å². The maximum atomic E-state index is 12.5. The number of hydrogen-bond donors (Lipinski definition) is 2. The minimum absolute atomic E-state index is 0.162. The molecule has 0 spiro atoms. The molecule has 0 amide bonds. The Balaban J connectivity index is 2.02. The van der Waals surface area contributed by atoms with E-state index in [1.54, 1.807) is 6.07 Å². The van der Waals surface area contributed by atoms with Crippen molar-refractivity contribution in [2.45, 2.75) is 16.2 Å². The lowest BCUT2D eigenvalue weighted by atomic mass is 9.80. The number of rotatable bonds is 1. The maximum absolute atomic E-state index is 12.5. The van der Waals surface area contributed by atoms with Crippen LogP contribution in [0.25, 0.3) is 0 Å². The minimum Gasteiger partial charge on any atom is -0.480 e. The summed E-state index contributed by atoms with van der Waals surface area (Å²) in [4.78, 5) is 38.8. The van der Waals surface area contributed by atoms with Crippen LogP contribution in [0.1, 0.15) is 16.4 Å². The highest BCUT2D eigenvalue weighted by atomic mass is 35.5. The van der Waals surface area contributed by atoms with E-state index in [0.717, 1.165) is 23.1 Å². The number of aromatic amines is 1. The molecule has 6 nitrogen and oxygen atoms in total. The van der Waals surface area contributed by atoms with E-state index in [1.165, 1.54) is 6.07 Å². The van der Waals surface area contributed by atoms with Gasteiger partial charge in [0.2, 0.25) is 0 Å². The predicted octanol–water partition coefficient (Wildman–Crippen LogP) is 2.97. The van der Waals surface area contributed by atoms with Crippen molar-refractivity contribution in [3.05, 3.63) is 42.3 Å². The molecule has 0 aliphatic carbocycles. The second-order valence-corrected chi connectivity index (χ2v) is 8.33. The van der Waals surface area contributed by atoms with Crippen molar-refractivity contribution in [3.8, 4) is 5.75 Å². The van der Waals surface area contributed by atoms with Crippen LogP contribution in [0.2, 0.25) is 10.0 Å². The number of carbonyl (C=O) groups excluding carboxylic acids is 1. The van der Waals surface area contributed by atoms with Crippen LogP contribution in [0.3, 0.4) is 0 Å². The summed E-state index contributed by atoms with van der Waals surface area (Å²) in [5, 5.41) is 9.40. The quantitative estimate of drug-likeness (QED) is 0.561. The molecule has 3 heterocycles. The molecule has 0 saturated heterocycles. The molecule has 10 heteroatoms. The van der Waals surface area contributed by atoms with E-state index in [9.17, 15) is 19.5 Å². The highest BCUT2D eigenvalue weighted by Gasteiger charge is 2.52.